The van der Waals surface area contributed by atoms with Crippen LogP contribution in [0.5, 0.6) is 0 Å². The zero-order valence-corrected chi connectivity index (χ0v) is 9.54. The Morgan fingerprint density at radius 3 is 2.47 bits per heavy atom. The number of aliphatic hydroxyl groups is 2. The molecule has 3 N–H and O–H groups in total. The molecule has 0 radical (unpaired) electrons. The molecule has 0 amide bonds. The topological polar surface area (TPSA) is 96.2 Å². The minimum Gasteiger partial charge on any atom is -0.479 e. The van der Waals surface area contributed by atoms with Crippen LogP contribution in [-0.2, 0) is 14.3 Å². The molecule has 3 atom stereocenters. The summed E-state index contributed by atoms with van der Waals surface area (Å²) in [5.41, 5.74) is 0. The summed E-state index contributed by atoms with van der Waals surface area (Å²) in [4.78, 5) is 11.1. The van der Waals surface area contributed by atoms with E-state index in [4.69, 9.17) is 19.7 Å². The lowest BCUT2D eigenvalue weighted by molar-refractivity contribution is -0.204. The summed E-state index contributed by atoms with van der Waals surface area (Å²) in [7, 11) is 0. The standard InChI is InChI=1S/C11H18O6/c12-6-7(13)8-9(10(14)15)17-11(16-8)4-2-1-3-5-11/h7-9,12-13H,1-6H2,(H,14,15)/t7-,8-,9-/m1/s1. The normalized spacial score (nSPS) is 33.8. The first-order chi connectivity index (χ1) is 8.08. The van der Waals surface area contributed by atoms with Gasteiger partial charge in [-0.15, -0.1) is 0 Å². The van der Waals surface area contributed by atoms with Crippen LogP contribution in [0.4, 0.5) is 0 Å². The predicted octanol–water partition coefficient (Wildman–Crippen LogP) is -0.131. The predicted molar refractivity (Wildman–Crippen MR) is 56.3 cm³/mol. The maximum atomic E-state index is 11.1. The van der Waals surface area contributed by atoms with Crippen LogP contribution in [0.3, 0.4) is 0 Å². The van der Waals surface area contributed by atoms with Gasteiger partial charge in [0.15, 0.2) is 11.9 Å². The molecule has 17 heavy (non-hydrogen) atoms. The van der Waals surface area contributed by atoms with E-state index in [0.29, 0.717) is 12.8 Å². The Balaban J connectivity index is 2.13. The van der Waals surface area contributed by atoms with Gasteiger partial charge in [0.05, 0.1) is 6.61 Å². The highest BCUT2D eigenvalue weighted by atomic mass is 16.8. The Bertz CT molecular complexity index is 286. The first-order valence-corrected chi connectivity index (χ1v) is 5.95. The van der Waals surface area contributed by atoms with Crippen LogP contribution in [0.1, 0.15) is 32.1 Å². The van der Waals surface area contributed by atoms with Crippen molar-refractivity contribution in [1.82, 2.24) is 0 Å². The van der Waals surface area contributed by atoms with Crippen LogP contribution < -0.4 is 0 Å². The molecule has 1 aliphatic heterocycles. The molecule has 1 heterocycles. The van der Waals surface area contributed by atoms with Gasteiger partial charge in [-0.05, 0) is 12.8 Å². The fourth-order valence-electron chi connectivity index (χ4n) is 2.54. The number of rotatable bonds is 3. The van der Waals surface area contributed by atoms with Crippen molar-refractivity contribution in [1.29, 1.82) is 0 Å². The molecule has 0 aromatic rings. The average molecular weight is 246 g/mol. The molecule has 2 fully saturated rings. The van der Waals surface area contributed by atoms with Crippen molar-refractivity contribution < 1.29 is 29.6 Å². The van der Waals surface area contributed by atoms with E-state index >= 15 is 0 Å². The molecule has 1 saturated heterocycles. The van der Waals surface area contributed by atoms with Gasteiger partial charge in [-0.2, -0.15) is 0 Å². The number of hydrogen-bond donors (Lipinski definition) is 3. The highest BCUT2D eigenvalue weighted by Gasteiger charge is 2.53. The van der Waals surface area contributed by atoms with Crippen LogP contribution in [0.2, 0.25) is 0 Å². The van der Waals surface area contributed by atoms with E-state index in [1.807, 2.05) is 0 Å². The molecule has 98 valence electrons. The lowest BCUT2D eigenvalue weighted by Crippen LogP contribution is -2.41. The third-order valence-electron chi connectivity index (χ3n) is 3.42. The van der Waals surface area contributed by atoms with Crippen LogP contribution in [0.25, 0.3) is 0 Å². The van der Waals surface area contributed by atoms with Gasteiger partial charge in [0.1, 0.15) is 12.2 Å². The Hall–Kier alpha value is -0.690. The molecule has 2 aliphatic rings. The Kier molecular flexibility index (Phi) is 3.67. The summed E-state index contributed by atoms with van der Waals surface area (Å²) < 4.78 is 11.1. The van der Waals surface area contributed by atoms with E-state index in [1.54, 1.807) is 0 Å². The monoisotopic (exact) mass is 246 g/mol. The maximum Gasteiger partial charge on any atom is 0.335 e. The van der Waals surface area contributed by atoms with Gasteiger partial charge in [0.25, 0.3) is 0 Å². The second kappa shape index (κ2) is 4.89. The number of aliphatic hydroxyl groups excluding tert-OH is 2. The SMILES string of the molecule is O=C(O)[C@@H]1OC2(CCCCC2)O[C@@H]1[C@H](O)CO. The third-order valence-corrected chi connectivity index (χ3v) is 3.42. The Morgan fingerprint density at radius 2 is 1.94 bits per heavy atom. The van der Waals surface area contributed by atoms with Gasteiger partial charge in [0.2, 0.25) is 0 Å². The van der Waals surface area contributed by atoms with Gasteiger partial charge in [-0.3, -0.25) is 0 Å². The van der Waals surface area contributed by atoms with Crippen molar-refractivity contribution in [3.63, 3.8) is 0 Å². The molecule has 1 spiro atoms. The lowest BCUT2D eigenvalue weighted by atomic mass is 9.94. The molecule has 0 unspecified atom stereocenters. The number of carboxylic acids is 1. The van der Waals surface area contributed by atoms with Crippen molar-refractivity contribution in [2.24, 2.45) is 0 Å². The number of ether oxygens (including phenoxy) is 2. The van der Waals surface area contributed by atoms with E-state index in [9.17, 15) is 9.90 Å². The van der Waals surface area contributed by atoms with E-state index in [2.05, 4.69) is 0 Å². The van der Waals surface area contributed by atoms with Crippen molar-refractivity contribution >= 4 is 5.97 Å². The van der Waals surface area contributed by atoms with Gasteiger partial charge in [-0.1, -0.05) is 6.42 Å². The van der Waals surface area contributed by atoms with Gasteiger partial charge >= 0.3 is 5.97 Å². The van der Waals surface area contributed by atoms with Crippen LogP contribution >= 0.6 is 0 Å². The number of aliphatic carboxylic acids is 1. The number of hydrogen-bond acceptors (Lipinski definition) is 5. The largest absolute Gasteiger partial charge is 0.479 e. The molecule has 6 heteroatoms. The fourth-order valence-corrected chi connectivity index (χ4v) is 2.54. The maximum absolute atomic E-state index is 11.1. The van der Waals surface area contributed by atoms with Crippen molar-refractivity contribution in [3.8, 4) is 0 Å². The van der Waals surface area contributed by atoms with Crippen molar-refractivity contribution in [2.75, 3.05) is 6.61 Å². The second-order valence-corrected chi connectivity index (χ2v) is 4.68. The summed E-state index contributed by atoms with van der Waals surface area (Å²) >= 11 is 0. The highest BCUT2D eigenvalue weighted by molar-refractivity contribution is 5.73. The van der Waals surface area contributed by atoms with Crippen LogP contribution in [0.15, 0.2) is 0 Å². The van der Waals surface area contributed by atoms with Crippen LogP contribution in [0, 0.1) is 0 Å². The third kappa shape index (κ3) is 2.44. The van der Waals surface area contributed by atoms with E-state index in [1.165, 1.54) is 0 Å². The van der Waals surface area contributed by atoms with E-state index in [-0.39, 0.29) is 0 Å². The summed E-state index contributed by atoms with van der Waals surface area (Å²) in [6, 6.07) is 0. The average Bonchev–Trinajstić information content (AvgIpc) is 2.69. The Labute approximate surface area is 99.1 Å². The van der Waals surface area contributed by atoms with Gasteiger partial charge < -0.3 is 24.8 Å². The second-order valence-electron chi connectivity index (χ2n) is 4.68. The van der Waals surface area contributed by atoms with Crippen LogP contribution in [-0.4, -0.2) is 52.0 Å². The highest BCUT2D eigenvalue weighted by Crippen LogP contribution is 2.41. The fraction of sp³-hybridized carbons (Fsp3) is 0.909. The summed E-state index contributed by atoms with van der Waals surface area (Å²) in [5, 5.41) is 27.5. The molecular weight excluding hydrogens is 228 g/mol. The molecule has 0 aromatic heterocycles. The zero-order valence-electron chi connectivity index (χ0n) is 9.54. The minimum atomic E-state index is -1.22. The lowest BCUT2D eigenvalue weighted by Gasteiger charge is -2.32. The number of carbonyl (C=O) groups is 1. The quantitative estimate of drug-likeness (QED) is 0.642. The smallest absolute Gasteiger partial charge is 0.335 e. The van der Waals surface area contributed by atoms with E-state index in [0.717, 1.165) is 19.3 Å². The number of carboxylic acid groups (broad SMARTS) is 1. The van der Waals surface area contributed by atoms with Gasteiger partial charge in [0, 0.05) is 12.8 Å². The first kappa shape index (κ1) is 12.8. The van der Waals surface area contributed by atoms with E-state index < -0.39 is 36.7 Å². The zero-order chi connectivity index (χ0) is 12.5. The summed E-state index contributed by atoms with van der Waals surface area (Å²) in [6.07, 6.45) is 0.807. The minimum absolute atomic E-state index is 0.534. The van der Waals surface area contributed by atoms with Gasteiger partial charge in [-0.25, -0.2) is 4.79 Å². The molecule has 6 nitrogen and oxygen atoms in total. The summed E-state index contributed by atoms with van der Waals surface area (Å²) in [6.45, 7) is -0.534. The van der Waals surface area contributed by atoms with Crippen molar-refractivity contribution in [3.05, 3.63) is 0 Å². The molecule has 1 saturated carbocycles. The molecule has 0 aromatic carbocycles. The molecule has 0 bridgehead atoms. The molecule has 2 rings (SSSR count). The molecule has 1 aliphatic carbocycles. The Morgan fingerprint density at radius 1 is 1.29 bits per heavy atom. The van der Waals surface area contributed by atoms with Crippen molar-refractivity contribution in [2.45, 2.75) is 56.2 Å². The summed E-state index contributed by atoms with van der Waals surface area (Å²) in [5.74, 6) is -2.03. The molecular formula is C11H18O6. The first-order valence-electron chi connectivity index (χ1n) is 5.95.